The van der Waals surface area contributed by atoms with E-state index in [1.807, 2.05) is 45.2 Å². The van der Waals surface area contributed by atoms with Crippen molar-refractivity contribution in [2.24, 2.45) is 7.05 Å². The van der Waals surface area contributed by atoms with Gasteiger partial charge in [0, 0.05) is 25.7 Å². The van der Waals surface area contributed by atoms with Crippen molar-refractivity contribution in [1.29, 1.82) is 0 Å². The average Bonchev–Trinajstić information content (AvgIpc) is 3.26. The molecule has 2 unspecified atom stereocenters. The van der Waals surface area contributed by atoms with Gasteiger partial charge in [-0.2, -0.15) is 5.10 Å². The Labute approximate surface area is 136 Å². The summed E-state index contributed by atoms with van der Waals surface area (Å²) in [5.41, 5.74) is 3.73. The van der Waals surface area contributed by atoms with Crippen molar-refractivity contribution >= 4 is 11.6 Å². The first-order valence-electron chi connectivity index (χ1n) is 7.68. The summed E-state index contributed by atoms with van der Waals surface area (Å²) in [5, 5.41) is 7.34. The van der Waals surface area contributed by atoms with Crippen molar-refractivity contribution in [2.45, 2.75) is 26.4 Å². The lowest BCUT2D eigenvalue weighted by Gasteiger charge is -2.09. The minimum atomic E-state index is -0.0843. The van der Waals surface area contributed by atoms with Crippen LogP contribution in [0.2, 0.25) is 0 Å². The number of nitrogens with zero attached hydrogens (tertiary/aromatic N) is 3. The van der Waals surface area contributed by atoms with Gasteiger partial charge in [0.05, 0.1) is 24.2 Å². The molecule has 1 N–H and O–H groups in total. The molecule has 1 aromatic heterocycles. The van der Waals surface area contributed by atoms with Crippen LogP contribution >= 0.6 is 0 Å². The minimum absolute atomic E-state index is 0.0269. The Morgan fingerprint density at radius 2 is 2.13 bits per heavy atom. The van der Waals surface area contributed by atoms with Crippen molar-refractivity contribution in [3.8, 4) is 5.75 Å². The van der Waals surface area contributed by atoms with Gasteiger partial charge >= 0.3 is 0 Å². The van der Waals surface area contributed by atoms with Crippen LogP contribution in [0.3, 0.4) is 0 Å². The molecule has 1 aliphatic rings. The highest BCUT2D eigenvalue weighted by molar-refractivity contribution is 5.97. The van der Waals surface area contributed by atoms with Gasteiger partial charge in [0.2, 0.25) is 5.91 Å². The van der Waals surface area contributed by atoms with E-state index in [-0.39, 0.29) is 11.9 Å². The Balaban J connectivity index is 1.63. The summed E-state index contributed by atoms with van der Waals surface area (Å²) < 4.78 is 7.14. The van der Waals surface area contributed by atoms with Crippen LogP contribution in [-0.4, -0.2) is 40.3 Å². The van der Waals surface area contributed by atoms with Gasteiger partial charge in [-0.05, 0) is 19.9 Å². The molecular formula is C17H22N4O2. The maximum Gasteiger partial charge on any atom is 0.243 e. The van der Waals surface area contributed by atoms with E-state index in [1.165, 1.54) is 0 Å². The lowest BCUT2D eigenvalue weighted by Crippen LogP contribution is -2.22. The highest BCUT2D eigenvalue weighted by Crippen LogP contribution is 2.28. The van der Waals surface area contributed by atoms with Crippen molar-refractivity contribution in [3.05, 3.63) is 41.2 Å². The third-order valence-corrected chi connectivity index (χ3v) is 4.34. The molecule has 0 bridgehead atoms. The van der Waals surface area contributed by atoms with E-state index in [9.17, 15) is 4.79 Å². The van der Waals surface area contributed by atoms with Gasteiger partial charge in [0.25, 0.3) is 0 Å². The largest absolute Gasteiger partial charge is 0.496 e. The van der Waals surface area contributed by atoms with Crippen LogP contribution in [0, 0.1) is 13.8 Å². The predicted octanol–water partition coefficient (Wildman–Crippen LogP) is 1.87. The van der Waals surface area contributed by atoms with Crippen LogP contribution in [-0.2, 0) is 18.4 Å². The standard InChI is InChI=1S/C17H22N4O2/c1-11-16(12(2)20(3)19-11)18-17(22)14-10-21(14)9-13-7-5-6-8-15(13)23-4/h5-8,14H,9-10H2,1-4H3,(H,18,22). The lowest BCUT2D eigenvalue weighted by molar-refractivity contribution is -0.116. The highest BCUT2D eigenvalue weighted by atomic mass is 16.5. The molecule has 23 heavy (non-hydrogen) atoms. The average molecular weight is 314 g/mol. The van der Waals surface area contributed by atoms with Crippen molar-refractivity contribution in [1.82, 2.24) is 14.7 Å². The Kier molecular flexibility index (Phi) is 4.09. The van der Waals surface area contributed by atoms with Crippen LogP contribution < -0.4 is 10.1 Å². The third kappa shape index (κ3) is 3.07. The number of hydrogen-bond acceptors (Lipinski definition) is 4. The molecule has 1 saturated heterocycles. The van der Waals surface area contributed by atoms with Gasteiger partial charge in [-0.1, -0.05) is 18.2 Å². The third-order valence-electron chi connectivity index (χ3n) is 4.34. The zero-order valence-corrected chi connectivity index (χ0v) is 14.0. The molecule has 122 valence electrons. The Morgan fingerprint density at radius 3 is 2.78 bits per heavy atom. The number of nitrogens with one attached hydrogen (secondary N) is 1. The molecule has 6 heteroatoms. The molecule has 0 aliphatic carbocycles. The maximum atomic E-state index is 12.4. The zero-order chi connectivity index (χ0) is 16.6. The van der Waals surface area contributed by atoms with Gasteiger partial charge in [0.15, 0.2) is 0 Å². The zero-order valence-electron chi connectivity index (χ0n) is 14.0. The van der Waals surface area contributed by atoms with E-state index in [4.69, 9.17) is 4.74 Å². The van der Waals surface area contributed by atoms with E-state index in [1.54, 1.807) is 11.8 Å². The number of aromatic nitrogens is 2. The number of rotatable bonds is 5. The first-order valence-corrected chi connectivity index (χ1v) is 7.68. The Morgan fingerprint density at radius 1 is 1.39 bits per heavy atom. The number of carbonyl (C=O) groups excluding carboxylic acids is 1. The number of methoxy groups -OCH3 is 1. The van der Waals surface area contributed by atoms with E-state index in [0.717, 1.165) is 34.9 Å². The van der Waals surface area contributed by atoms with Crippen LogP contribution in [0.15, 0.2) is 24.3 Å². The normalized spacial score (nSPS) is 19.5. The number of para-hydroxylation sites is 1. The van der Waals surface area contributed by atoms with Crippen molar-refractivity contribution in [3.63, 3.8) is 0 Å². The number of ether oxygens (including phenoxy) is 1. The fraction of sp³-hybridized carbons (Fsp3) is 0.412. The van der Waals surface area contributed by atoms with Crippen molar-refractivity contribution < 1.29 is 9.53 Å². The fourth-order valence-electron chi connectivity index (χ4n) is 2.81. The molecule has 3 rings (SSSR count). The Hall–Kier alpha value is -2.34. The maximum absolute atomic E-state index is 12.4. The summed E-state index contributed by atoms with van der Waals surface area (Å²) in [5.74, 6) is 0.886. The molecule has 1 aromatic carbocycles. The summed E-state index contributed by atoms with van der Waals surface area (Å²) in [6, 6.07) is 7.82. The second-order valence-electron chi connectivity index (χ2n) is 5.92. The number of carbonyl (C=O) groups is 1. The second-order valence-corrected chi connectivity index (χ2v) is 5.92. The molecule has 1 fully saturated rings. The van der Waals surface area contributed by atoms with Crippen molar-refractivity contribution in [2.75, 3.05) is 19.0 Å². The van der Waals surface area contributed by atoms with Gasteiger partial charge in [-0.25, -0.2) is 0 Å². The summed E-state index contributed by atoms with van der Waals surface area (Å²) in [7, 11) is 3.54. The molecule has 2 heterocycles. The van der Waals surface area contributed by atoms with Crippen LogP contribution in [0.1, 0.15) is 17.0 Å². The van der Waals surface area contributed by atoms with E-state index >= 15 is 0 Å². The van der Waals surface area contributed by atoms with Gasteiger partial charge in [0.1, 0.15) is 11.8 Å². The minimum Gasteiger partial charge on any atom is -0.496 e. The first-order chi connectivity index (χ1) is 11.0. The number of benzene rings is 1. The smallest absolute Gasteiger partial charge is 0.243 e. The molecule has 1 amide bonds. The number of anilines is 1. The van der Waals surface area contributed by atoms with Crippen LogP contribution in [0.4, 0.5) is 5.69 Å². The topological polar surface area (TPSA) is 59.2 Å². The van der Waals surface area contributed by atoms with Gasteiger partial charge in [-0.3, -0.25) is 14.4 Å². The molecule has 2 atom stereocenters. The van der Waals surface area contributed by atoms with Gasteiger partial charge in [-0.15, -0.1) is 0 Å². The monoisotopic (exact) mass is 314 g/mol. The number of aryl methyl sites for hydroxylation is 2. The lowest BCUT2D eigenvalue weighted by atomic mass is 10.2. The van der Waals surface area contributed by atoms with E-state index in [0.29, 0.717) is 6.54 Å². The number of amides is 1. The summed E-state index contributed by atoms with van der Waals surface area (Å²) in [6.07, 6.45) is 0. The van der Waals surface area contributed by atoms with Crippen LogP contribution in [0.5, 0.6) is 5.75 Å². The molecule has 0 spiro atoms. The second kappa shape index (κ2) is 6.04. The highest BCUT2D eigenvalue weighted by Gasteiger charge is 2.40. The van der Waals surface area contributed by atoms with Crippen LogP contribution in [0.25, 0.3) is 0 Å². The molecular weight excluding hydrogens is 292 g/mol. The number of hydrogen-bond donors (Lipinski definition) is 1. The SMILES string of the molecule is COc1ccccc1CN1CC1C(=O)Nc1c(C)nn(C)c1C. The molecule has 0 saturated carbocycles. The molecule has 0 radical (unpaired) electrons. The first kappa shape index (κ1) is 15.6. The molecule has 2 aromatic rings. The van der Waals surface area contributed by atoms with E-state index in [2.05, 4.69) is 15.3 Å². The molecule has 1 aliphatic heterocycles. The quantitative estimate of drug-likeness (QED) is 0.856. The summed E-state index contributed by atoms with van der Waals surface area (Å²) in [6.45, 7) is 5.34. The van der Waals surface area contributed by atoms with E-state index < -0.39 is 0 Å². The molecule has 6 nitrogen and oxygen atoms in total. The Bertz CT molecular complexity index is 738. The summed E-state index contributed by atoms with van der Waals surface area (Å²) in [4.78, 5) is 14.5. The van der Waals surface area contributed by atoms with Gasteiger partial charge < -0.3 is 10.1 Å². The summed E-state index contributed by atoms with van der Waals surface area (Å²) >= 11 is 0. The predicted molar refractivity (Wildman–Crippen MR) is 88.5 cm³/mol. The fourth-order valence-corrected chi connectivity index (χ4v) is 2.81.